The minimum absolute atomic E-state index is 0.125. The standard InChI is InChI=1S/C14H19BrFNO/c1-9-10(15)7-11(16)13(18-2)12(9)14(8-17)5-3-4-6-14/h7H,3-6,8,17H2,1-2H3. The van der Waals surface area contributed by atoms with Crippen LogP contribution >= 0.6 is 15.9 Å². The molecule has 1 aromatic carbocycles. The Kier molecular flexibility index (Phi) is 3.97. The zero-order chi connectivity index (χ0) is 13.3. The fourth-order valence-corrected chi connectivity index (χ4v) is 3.54. The number of benzene rings is 1. The maximum absolute atomic E-state index is 14.1. The van der Waals surface area contributed by atoms with E-state index in [-0.39, 0.29) is 11.2 Å². The van der Waals surface area contributed by atoms with Gasteiger partial charge >= 0.3 is 0 Å². The molecule has 0 saturated heterocycles. The van der Waals surface area contributed by atoms with Gasteiger partial charge in [-0.2, -0.15) is 0 Å². The van der Waals surface area contributed by atoms with Crippen molar-refractivity contribution >= 4 is 15.9 Å². The van der Waals surface area contributed by atoms with Crippen molar-refractivity contribution in [1.29, 1.82) is 0 Å². The molecule has 1 aliphatic rings. The molecule has 0 unspecified atom stereocenters. The summed E-state index contributed by atoms with van der Waals surface area (Å²) in [5.74, 6) is 0.0488. The Bertz CT molecular complexity index is 456. The second-order valence-electron chi connectivity index (χ2n) is 5.07. The van der Waals surface area contributed by atoms with E-state index in [1.807, 2.05) is 6.92 Å². The van der Waals surface area contributed by atoms with Crippen molar-refractivity contribution in [2.24, 2.45) is 5.73 Å². The average molecular weight is 316 g/mol. The highest BCUT2D eigenvalue weighted by Crippen LogP contribution is 2.47. The molecule has 4 heteroatoms. The van der Waals surface area contributed by atoms with Crippen LogP contribution in [0.25, 0.3) is 0 Å². The van der Waals surface area contributed by atoms with Gasteiger partial charge in [0.15, 0.2) is 11.6 Å². The summed E-state index contributed by atoms with van der Waals surface area (Å²) in [6.45, 7) is 2.54. The molecule has 0 aromatic heterocycles. The number of hydrogen-bond acceptors (Lipinski definition) is 2. The molecule has 0 bridgehead atoms. The predicted octanol–water partition coefficient (Wildman–Crippen LogP) is 3.68. The quantitative estimate of drug-likeness (QED) is 0.923. The lowest BCUT2D eigenvalue weighted by atomic mass is 9.76. The molecule has 2 N–H and O–H groups in total. The number of methoxy groups -OCH3 is 1. The Morgan fingerprint density at radius 3 is 2.56 bits per heavy atom. The lowest BCUT2D eigenvalue weighted by Crippen LogP contribution is -2.33. The van der Waals surface area contributed by atoms with E-state index in [0.717, 1.165) is 41.3 Å². The second kappa shape index (κ2) is 5.17. The molecule has 18 heavy (non-hydrogen) atoms. The zero-order valence-corrected chi connectivity index (χ0v) is 12.4. The molecule has 100 valence electrons. The highest BCUT2D eigenvalue weighted by atomic mass is 79.9. The third kappa shape index (κ3) is 2.05. The number of ether oxygens (including phenoxy) is 1. The molecule has 0 atom stereocenters. The zero-order valence-electron chi connectivity index (χ0n) is 10.9. The van der Waals surface area contributed by atoms with Crippen LogP contribution in [0.4, 0.5) is 4.39 Å². The van der Waals surface area contributed by atoms with Gasteiger partial charge in [-0.05, 0) is 31.4 Å². The topological polar surface area (TPSA) is 35.2 Å². The molecule has 0 heterocycles. The van der Waals surface area contributed by atoms with Gasteiger partial charge in [0.05, 0.1) is 7.11 Å². The Hall–Kier alpha value is -0.610. The van der Waals surface area contributed by atoms with Gasteiger partial charge in [0.1, 0.15) is 0 Å². The van der Waals surface area contributed by atoms with Crippen LogP contribution in [0.3, 0.4) is 0 Å². The maximum Gasteiger partial charge on any atom is 0.166 e. The number of hydrogen-bond donors (Lipinski definition) is 1. The first-order valence-corrected chi connectivity index (χ1v) is 7.08. The lowest BCUT2D eigenvalue weighted by molar-refractivity contribution is 0.354. The Morgan fingerprint density at radius 2 is 2.06 bits per heavy atom. The molecule has 0 spiro atoms. The van der Waals surface area contributed by atoms with Crippen LogP contribution < -0.4 is 10.5 Å². The average Bonchev–Trinajstić information content (AvgIpc) is 2.83. The van der Waals surface area contributed by atoms with Crippen molar-refractivity contribution < 1.29 is 9.13 Å². The van der Waals surface area contributed by atoms with E-state index in [0.29, 0.717) is 12.3 Å². The first-order valence-electron chi connectivity index (χ1n) is 6.29. The Labute approximate surface area is 116 Å². The van der Waals surface area contributed by atoms with E-state index in [1.54, 1.807) is 0 Å². The molecule has 1 fully saturated rings. The largest absolute Gasteiger partial charge is 0.493 e. The summed E-state index contributed by atoms with van der Waals surface area (Å²) < 4.78 is 20.1. The monoisotopic (exact) mass is 315 g/mol. The molecule has 0 radical (unpaired) electrons. The number of halogens is 2. The van der Waals surface area contributed by atoms with Crippen molar-refractivity contribution in [2.75, 3.05) is 13.7 Å². The van der Waals surface area contributed by atoms with Crippen molar-refractivity contribution in [2.45, 2.75) is 38.0 Å². The molecule has 0 amide bonds. The van der Waals surface area contributed by atoms with Crippen LogP contribution in [0.5, 0.6) is 5.75 Å². The molecule has 0 aliphatic heterocycles. The van der Waals surface area contributed by atoms with Gasteiger partial charge in [-0.1, -0.05) is 28.8 Å². The first-order chi connectivity index (χ1) is 8.55. The van der Waals surface area contributed by atoms with Gasteiger partial charge in [-0.25, -0.2) is 4.39 Å². The second-order valence-corrected chi connectivity index (χ2v) is 5.92. The van der Waals surface area contributed by atoms with Gasteiger partial charge in [0.2, 0.25) is 0 Å². The Morgan fingerprint density at radius 1 is 1.44 bits per heavy atom. The van der Waals surface area contributed by atoms with Crippen LogP contribution in [-0.4, -0.2) is 13.7 Å². The van der Waals surface area contributed by atoms with Crippen molar-refractivity contribution in [3.63, 3.8) is 0 Å². The highest BCUT2D eigenvalue weighted by Gasteiger charge is 2.39. The van der Waals surface area contributed by atoms with Crippen LogP contribution in [-0.2, 0) is 5.41 Å². The molecule has 1 aromatic rings. The van der Waals surface area contributed by atoms with Crippen LogP contribution in [0.15, 0.2) is 10.5 Å². The maximum atomic E-state index is 14.1. The SMILES string of the molecule is COc1c(F)cc(Br)c(C)c1C1(CN)CCCC1. The molecule has 1 saturated carbocycles. The van der Waals surface area contributed by atoms with Crippen molar-refractivity contribution in [1.82, 2.24) is 0 Å². The fraction of sp³-hybridized carbons (Fsp3) is 0.571. The molecule has 2 rings (SSSR count). The summed E-state index contributed by atoms with van der Waals surface area (Å²) >= 11 is 3.42. The predicted molar refractivity (Wildman–Crippen MR) is 74.6 cm³/mol. The van der Waals surface area contributed by atoms with E-state index >= 15 is 0 Å². The Balaban J connectivity index is 2.67. The lowest BCUT2D eigenvalue weighted by Gasteiger charge is -2.31. The smallest absolute Gasteiger partial charge is 0.166 e. The molecule has 1 aliphatic carbocycles. The summed E-state index contributed by atoms with van der Waals surface area (Å²) in [6, 6.07) is 1.47. The highest BCUT2D eigenvalue weighted by molar-refractivity contribution is 9.10. The van der Waals surface area contributed by atoms with Crippen LogP contribution in [0.1, 0.15) is 36.8 Å². The summed E-state index contributed by atoms with van der Waals surface area (Å²) in [5.41, 5.74) is 7.87. The summed E-state index contributed by atoms with van der Waals surface area (Å²) in [5, 5.41) is 0. The third-order valence-corrected chi connectivity index (χ3v) is 4.94. The number of rotatable bonds is 3. The normalized spacial score (nSPS) is 18.1. The van der Waals surface area contributed by atoms with Crippen LogP contribution in [0.2, 0.25) is 0 Å². The van der Waals surface area contributed by atoms with E-state index in [9.17, 15) is 4.39 Å². The third-order valence-electron chi connectivity index (χ3n) is 4.12. The van der Waals surface area contributed by atoms with E-state index < -0.39 is 0 Å². The number of nitrogens with two attached hydrogens (primary N) is 1. The first kappa shape index (κ1) is 13.8. The van der Waals surface area contributed by atoms with Crippen LogP contribution in [0, 0.1) is 12.7 Å². The minimum atomic E-state index is -0.315. The summed E-state index contributed by atoms with van der Waals surface area (Å²) in [4.78, 5) is 0. The summed E-state index contributed by atoms with van der Waals surface area (Å²) in [6.07, 6.45) is 4.31. The van der Waals surface area contributed by atoms with Gasteiger partial charge in [0.25, 0.3) is 0 Å². The van der Waals surface area contributed by atoms with E-state index in [1.165, 1.54) is 13.2 Å². The van der Waals surface area contributed by atoms with E-state index in [4.69, 9.17) is 10.5 Å². The van der Waals surface area contributed by atoms with E-state index in [2.05, 4.69) is 15.9 Å². The molecular weight excluding hydrogens is 297 g/mol. The van der Waals surface area contributed by atoms with Gasteiger partial charge < -0.3 is 10.5 Å². The van der Waals surface area contributed by atoms with Gasteiger partial charge in [0, 0.05) is 22.0 Å². The van der Waals surface area contributed by atoms with Crippen molar-refractivity contribution in [3.8, 4) is 5.75 Å². The fourth-order valence-electron chi connectivity index (χ4n) is 3.14. The minimum Gasteiger partial charge on any atom is -0.493 e. The van der Waals surface area contributed by atoms with Gasteiger partial charge in [-0.15, -0.1) is 0 Å². The molecular formula is C14H19BrFNO. The summed E-state index contributed by atoms with van der Waals surface area (Å²) in [7, 11) is 1.52. The van der Waals surface area contributed by atoms with Gasteiger partial charge in [-0.3, -0.25) is 0 Å². The molecule has 2 nitrogen and oxygen atoms in total. The van der Waals surface area contributed by atoms with Crippen molar-refractivity contribution in [3.05, 3.63) is 27.5 Å².